The van der Waals surface area contributed by atoms with Crippen LogP contribution in [0, 0.1) is 0 Å². The van der Waals surface area contributed by atoms with E-state index in [-0.39, 0.29) is 25.0 Å². The van der Waals surface area contributed by atoms with Gasteiger partial charge in [-0.2, -0.15) is 0 Å². The van der Waals surface area contributed by atoms with Crippen LogP contribution in [0.5, 0.6) is 0 Å². The number of amides is 4. The first-order chi connectivity index (χ1) is 8.97. The smallest absolute Gasteiger partial charge is 0.322 e. The van der Waals surface area contributed by atoms with E-state index in [1.54, 1.807) is 0 Å². The average molecular weight is 272 g/mol. The van der Waals surface area contributed by atoms with Gasteiger partial charge in [-0.1, -0.05) is 0 Å². The molecule has 0 aliphatic carbocycles. The molecule has 1 aliphatic heterocycles. The van der Waals surface area contributed by atoms with E-state index >= 15 is 0 Å². The number of hydrogen-bond acceptors (Lipinski definition) is 4. The molecule has 1 rings (SSSR count). The number of carbonyl (C=O) groups is 4. The van der Waals surface area contributed by atoms with E-state index in [0.29, 0.717) is 12.8 Å². The summed E-state index contributed by atoms with van der Waals surface area (Å²) in [5.41, 5.74) is 0. The van der Waals surface area contributed by atoms with Gasteiger partial charge in [-0.05, 0) is 6.42 Å². The number of carboxylic acids is 1. The Bertz CT molecular complexity index is 384. The van der Waals surface area contributed by atoms with Crippen molar-refractivity contribution in [1.82, 2.24) is 21.3 Å². The Balaban J connectivity index is 2.09. The minimum atomic E-state index is -1.16. The van der Waals surface area contributed by atoms with Crippen molar-refractivity contribution < 1.29 is 24.3 Å². The second kappa shape index (κ2) is 7.19. The molecule has 0 aromatic carbocycles. The molecule has 0 aromatic heterocycles. The van der Waals surface area contributed by atoms with Crippen molar-refractivity contribution in [1.29, 1.82) is 0 Å². The predicted molar refractivity (Wildman–Crippen MR) is 63.2 cm³/mol. The summed E-state index contributed by atoms with van der Waals surface area (Å²) in [4.78, 5) is 43.4. The first kappa shape index (κ1) is 14.7. The van der Waals surface area contributed by atoms with Crippen molar-refractivity contribution in [2.75, 3.05) is 19.6 Å². The summed E-state index contributed by atoms with van der Waals surface area (Å²) in [5, 5.41) is 17.9. The minimum Gasteiger partial charge on any atom is -0.480 e. The molecule has 1 fully saturated rings. The lowest BCUT2D eigenvalue weighted by atomic mass is 10.2. The van der Waals surface area contributed by atoms with Gasteiger partial charge in [0.2, 0.25) is 11.8 Å². The molecule has 0 radical (unpaired) electrons. The average Bonchev–Trinajstić information content (AvgIpc) is 2.77. The fourth-order valence-corrected chi connectivity index (χ4v) is 1.51. The van der Waals surface area contributed by atoms with E-state index in [9.17, 15) is 19.2 Å². The Hall–Kier alpha value is -2.32. The minimum absolute atomic E-state index is 0.0414. The molecule has 106 valence electrons. The Morgan fingerprint density at radius 2 is 1.95 bits per heavy atom. The molecular weight excluding hydrogens is 256 g/mol. The normalized spacial score (nSPS) is 17.5. The van der Waals surface area contributed by atoms with Crippen LogP contribution in [0.4, 0.5) is 4.79 Å². The summed E-state index contributed by atoms with van der Waals surface area (Å²) in [6.45, 7) is -0.513. The molecule has 0 bridgehead atoms. The Morgan fingerprint density at radius 3 is 2.53 bits per heavy atom. The molecule has 1 heterocycles. The lowest BCUT2D eigenvalue weighted by Gasteiger charge is -2.12. The van der Waals surface area contributed by atoms with Gasteiger partial charge in [0.1, 0.15) is 6.54 Å². The third-order valence-electron chi connectivity index (χ3n) is 2.44. The summed E-state index contributed by atoms with van der Waals surface area (Å²) in [5.74, 6) is -1.79. The van der Waals surface area contributed by atoms with Crippen LogP contribution in [-0.2, 0) is 14.4 Å². The van der Waals surface area contributed by atoms with Crippen molar-refractivity contribution in [2.24, 2.45) is 0 Å². The standard InChI is InChI=1S/C10H16N4O5/c15-7-2-1-6(14-7)3-12-10(19)13-4-8(16)11-5-9(17)18/h6H,1-5H2,(H,11,16)(H,14,15)(H,17,18)(H2,12,13,19). The fraction of sp³-hybridized carbons (Fsp3) is 0.600. The van der Waals surface area contributed by atoms with E-state index < -0.39 is 24.5 Å². The maximum absolute atomic E-state index is 11.3. The van der Waals surface area contributed by atoms with Crippen LogP contribution in [0.15, 0.2) is 0 Å². The Labute approximate surface area is 109 Å². The van der Waals surface area contributed by atoms with Gasteiger partial charge in [-0.25, -0.2) is 4.79 Å². The van der Waals surface area contributed by atoms with E-state index in [1.807, 2.05) is 0 Å². The zero-order valence-electron chi connectivity index (χ0n) is 10.2. The first-order valence-electron chi connectivity index (χ1n) is 5.77. The third kappa shape index (κ3) is 6.24. The second-order valence-electron chi connectivity index (χ2n) is 4.04. The fourth-order valence-electron chi connectivity index (χ4n) is 1.51. The van der Waals surface area contributed by atoms with Gasteiger partial charge in [0.05, 0.1) is 6.54 Å². The predicted octanol–water partition coefficient (Wildman–Crippen LogP) is -2.23. The highest BCUT2D eigenvalue weighted by Gasteiger charge is 2.20. The monoisotopic (exact) mass is 272 g/mol. The van der Waals surface area contributed by atoms with Gasteiger partial charge < -0.3 is 26.4 Å². The molecule has 19 heavy (non-hydrogen) atoms. The van der Waals surface area contributed by atoms with E-state index in [1.165, 1.54) is 0 Å². The van der Waals surface area contributed by atoms with Crippen molar-refractivity contribution >= 4 is 23.8 Å². The highest BCUT2D eigenvalue weighted by molar-refractivity contribution is 5.86. The molecule has 1 aliphatic rings. The summed E-state index contributed by atoms with van der Waals surface area (Å²) in [6.07, 6.45) is 1.11. The Kier molecular flexibility index (Phi) is 5.58. The molecule has 9 heteroatoms. The zero-order valence-corrected chi connectivity index (χ0v) is 10.2. The van der Waals surface area contributed by atoms with Gasteiger partial charge in [0, 0.05) is 19.0 Å². The Morgan fingerprint density at radius 1 is 1.21 bits per heavy atom. The van der Waals surface area contributed by atoms with E-state index in [0.717, 1.165) is 0 Å². The maximum atomic E-state index is 11.3. The zero-order chi connectivity index (χ0) is 14.3. The van der Waals surface area contributed by atoms with Crippen LogP contribution in [0.1, 0.15) is 12.8 Å². The molecular formula is C10H16N4O5. The first-order valence-corrected chi connectivity index (χ1v) is 5.77. The number of rotatable bonds is 6. The molecule has 1 saturated heterocycles. The van der Waals surface area contributed by atoms with Gasteiger partial charge in [0.25, 0.3) is 0 Å². The van der Waals surface area contributed by atoms with Gasteiger partial charge in [0.15, 0.2) is 0 Å². The number of carboxylic acid groups (broad SMARTS) is 1. The van der Waals surface area contributed by atoms with Crippen molar-refractivity contribution in [2.45, 2.75) is 18.9 Å². The van der Waals surface area contributed by atoms with Crippen LogP contribution >= 0.6 is 0 Å². The highest BCUT2D eigenvalue weighted by atomic mass is 16.4. The summed E-state index contributed by atoms with van der Waals surface area (Å²) < 4.78 is 0. The van der Waals surface area contributed by atoms with Crippen molar-refractivity contribution in [3.05, 3.63) is 0 Å². The van der Waals surface area contributed by atoms with Crippen LogP contribution in [-0.4, -0.2) is 54.6 Å². The van der Waals surface area contributed by atoms with Crippen LogP contribution in [0.25, 0.3) is 0 Å². The van der Waals surface area contributed by atoms with Crippen molar-refractivity contribution in [3.63, 3.8) is 0 Å². The molecule has 0 spiro atoms. The molecule has 1 unspecified atom stereocenters. The third-order valence-corrected chi connectivity index (χ3v) is 2.44. The summed E-state index contributed by atoms with van der Waals surface area (Å²) in [6, 6.07) is -0.634. The number of nitrogens with one attached hydrogen (secondary N) is 4. The van der Waals surface area contributed by atoms with Gasteiger partial charge in [-0.3, -0.25) is 14.4 Å². The van der Waals surface area contributed by atoms with E-state index in [4.69, 9.17) is 5.11 Å². The lowest BCUT2D eigenvalue weighted by Crippen LogP contribution is -2.46. The number of carbonyl (C=O) groups excluding carboxylic acids is 3. The van der Waals surface area contributed by atoms with Crippen LogP contribution in [0.3, 0.4) is 0 Å². The molecule has 0 aromatic rings. The summed E-state index contributed by atoms with van der Waals surface area (Å²) in [7, 11) is 0. The molecule has 1 atom stereocenters. The molecule has 5 N–H and O–H groups in total. The second-order valence-corrected chi connectivity index (χ2v) is 4.04. The molecule has 0 saturated carbocycles. The van der Waals surface area contributed by atoms with Crippen LogP contribution in [0.2, 0.25) is 0 Å². The van der Waals surface area contributed by atoms with Crippen LogP contribution < -0.4 is 21.3 Å². The highest BCUT2D eigenvalue weighted by Crippen LogP contribution is 2.04. The lowest BCUT2D eigenvalue weighted by molar-refractivity contribution is -0.137. The summed E-state index contributed by atoms with van der Waals surface area (Å²) >= 11 is 0. The number of urea groups is 1. The van der Waals surface area contributed by atoms with Gasteiger partial charge in [-0.15, -0.1) is 0 Å². The molecule has 9 nitrogen and oxygen atoms in total. The van der Waals surface area contributed by atoms with E-state index in [2.05, 4.69) is 21.3 Å². The van der Waals surface area contributed by atoms with Gasteiger partial charge >= 0.3 is 12.0 Å². The number of hydrogen-bond donors (Lipinski definition) is 5. The largest absolute Gasteiger partial charge is 0.480 e. The quantitative estimate of drug-likeness (QED) is 0.372. The number of aliphatic carboxylic acids is 1. The maximum Gasteiger partial charge on any atom is 0.322 e. The molecule has 4 amide bonds. The van der Waals surface area contributed by atoms with Crippen molar-refractivity contribution in [3.8, 4) is 0 Å². The SMILES string of the molecule is O=C(O)CNC(=O)CNC(=O)NCC1CCC(=O)N1. The topological polar surface area (TPSA) is 137 Å².